The average molecular weight is 166 g/mol. The number of rotatable bonds is 1. The van der Waals surface area contributed by atoms with Crippen LogP contribution in [-0.4, -0.2) is 11.2 Å². The Bertz CT molecular complexity index is 225. The third-order valence-corrected chi connectivity index (χ3v) is 2.93. The minimum Gasteiger partial charge on any atom is -0.389 e. The minimum atomic E-state index is -0.236. The second-order valence-corrected chi connectivity index (χ2v) is 3.96. The molecule has 0 aromatic heterocycles. The Kier molecular flexibility index (Phi) is 2.73. The van der Waals surface area contributed by atoms with Gasteiger partial charge >= 0.3 is 0 Å². The molecular weight excluding hydrogens is 148 g/mol. The fourth-order valence-corrected chi connectivity index (χ4v) is 1.72. The number of aliphatic hydroxyl groups excluding tert-OH is 1. The van der Waals surface area contributed by atoms with Crippen LogP contribution in [0.5, 0.6) is 0 Å². The molecule has 12 heavy (non-hydrogen) atoms. The molecule has 2 atom stereocenters. The van der Waals surface area contributed by atoms with Crippen molar-refractivity contribution < 1.29 is 5.11 Å². The van der Waals surface area contributed by atoms with E-state index >= 15 is 0 Å². The summed E-state index contributed by atoms with van der Waals surface area (Å²) in [5.74, 6) is 0.490. The van der Waals surface area contributed by atoms with Crippen molar-refractivity contribution in [2.75, 3.05) is 0 Å². The number of hydrogen-bond acceptors (Lipinski definition) is 1. The van der Waals surface area contributed by atoms with Crippen LogP contribution in [-0.2, 0) is 0 Å². The van der Waals surface area contributed by atoms with Gasteiger partial charge in [-0.2, -0.15) is 0 Å². The molecule has 1 nitrogen and oxygen atoms in total. The highest BCUT2D eigenvalue weighted by molar-refractivity contribution is 5.21. The van der Waals surface area contributed by atoms with Crippen molar-refractivity contribution in [2.24, 2.45) is 5.92 Å². The summed E-state index contributed by atoms with van der Waals surface area (Å²) in [6, 6.07) is 0. The van der Waals surface area contributed by atoms with Crippen LogP contribution in [0.4, 0.5) is 0 Å². The van der Waals surface area contributed by atoms with E-state index in [1.54, 1.807) is 0 Å². The molecule has 0 aliphatic heterocycles. The van der Waals surface area contributed by atoms with E-state index in [-0.39, 0.29) is 6.10 Å². The van der Waals surface area contributed by atoms with Crippen molar-refractivity contribution in [1.82, 2.24) is 0 Å². The fourth-order valence-electron chi connectivity index (χ4n) is 1.72. The largest absolute Gasteiger partial charge is 0.389 e. The van der Waals surface area contributed by atoms with E-state index < -0.39 is 0 Å². The van der Waals surface area contributed by atoms with Crippen LogP contribution in [0.2, 0.25) is 0 Å². The Hall–Kier alpha value is -0.560. The SMILES string of the molecule is C=C(C)[C@H]1CC(C)=C(C)[C@@H](O)C1. The van der Waals surface area contributed by atoms with E-state index in [4.69, 9.17) is 0 Å². The molecule has 0 aromatic carbocycles. The van der Waals surface area contributed by atoms with E-state index in [1.165, 1.54) is 11.1 Å². The van der Waals surface area contributed by atoms with Gasteiger partial charge in [-0.15, -0.1) is 0 Å². The van der Waals surface area contributed by atoms with Gasteiger partial charge in [0.15, 0.2) is 0 Å². The summed E-state index contributed by atoms with van der Waals surface area (Å²) in [4.78, 5) is 0. The van der Waals surface area contributed by atoms with Gasteiger partial charge in [-0.05, 0) is 45.1 Å². The van der Waals surface area contributed by atoms with Crippen LogP contribution in [0.15, 0.2) is 23.3 Å². The Labute approximate surface area is 74.8 Å². The molecule has 0 saturated carbocycles. The minimum absolute atomic E-state index is 0.236. The van der Waals surface area contributed by atoms with E-state index in [9.17, 15) is 5.11 Å². The molecule has 0 saturated heterocycles. The third kappa shape index (κ3) is 1.78. The van der Waals surface area contributed by atoms with Crippen molar-refractivity contribution >= 4 is 0 Å². The summed E-state index contributed by atoms with van der Waals surface area (Å²) >= 11 is 0. The zero-order valence-electron chi connectivity index (χ0n) is 8.22. The topological polar surface area (TPSA) is 20.2 Å². The lowest BCUT2D eigenvalue weighted by Crippen LogP contribution is -2.22. The average Bonchev–Trinajstić information content (AvgIpc) is 1.99. The van der Waals surface area contributed by atoms with Gasteiger partial charge < -0.3 is 5.11 Å². The number of hydrogen-bond donors (Lipinski definition) is 1. The molecule has 0 amide bonds. The number of allylic oxidation sites excluding steroid dienone is 2. The monoisotopic (exact) mass is 166 g/mol. The lowest BCUT2D eigenvalue weighted by Gasteiger charge is -2.28. The van der Waals surface area contributed by atoms with E-state index in [0.29, 0.717) is 5.92 Å². The molecular formula is C11H18O. The Balaban J connectivity index is 2.78. The predicted molar refractivity (Wildman–Crippen MR) is 51.9 cm³/mol. The molecule has 1 aliphatic rings. The summed E-state index contributed by atoms with van der Waals surface area (Å²) in [7, 11) is 0. The molecule has 0 bridgehead atoms. The summed E-state index contributed by atoms with van der Waals surface area (Å²) in [5, 5.41) is 9.67. The summed E-state index contributed by atoms with van der Waals surface area (Å²) in [5.41, 5.74) is 3.69. The van der Waals surface area contributed by atoms with Gasteiger partial charge in [0.1, 0.15) is 0 Å². The molecule has 0 spiro atoms. The summed E-state index contributed by atoms with van der Waals surface area (Å²) in [6.07, 6.45) is 1.71. The van der Waals surface area contributed by atoms with Gasteiger partial charge in [-0.25, -0.2) is 0 Å². The van der Waals surface area contributed by atoms with Crippen LogP contribution in [0.25, 0.3) is 0 Å². The van der Waals surface area contributed by atoms with Crippen molar-refractivity contribution in [2.45, 2.75) is 39.7 Å². The normalized spacial score (nSPS) is 30.7. The zero-order valence-corrected chi connectivity index (χ0v) is 8.22. The molecule has 1 aliphatic carbocycles. The second-order valence-electron chi connectivity index (χ2n) is 3.96. The highest BCUT2D eigenvalue weighted by Crippen LogP contribution is 2.32. The zero-order chi connectivity index (χ0) is 9.30. The molecule has 0 aromatic rings. The predicted octanol–water partition coefficient (Wildman–Crippen LogP) is 2.67. The first kappa shape index (κ1) is 9.53. The Morgan fingerprint density at radius 1 is 1.50 bits per heavy atom. The van der Waals surface area contributed by atoms with Gasteiger partial charge in [-0.1, -0.05) is 17.7 Å². The van der Waals surface area contributed by atoms with Gasteiger partial charge in [0.2, 0.25) is 0 Å². The van der Waals surface area contributed by atoms with Gasteiger partial charge in [0.25, 0.3) is 0 Å². The third-order valence-electron chi connectivity index (χ3n) is 2.93. The first-order valence-electron chi connectivity index (χ1n) is 4.52. The van der Waals surface area contributed by atoms with Crippen LogP contribution < -0.4 is 0 Å². The maximum atomic E-state index is 9.67. The molecule has 1 rings (SSSR count). The van der Waals surface area contributed by atoms with Crippen molar-refractivity contribution in [3.05, 3.63) is 23.3 Å². The van der Waals surface area contributed by atoms with E-state index in [0.717, 1.165) is 18.4 Å². The lowest BCUT2D eigenvalue weighted by atomic mass is 9.80. The number of aliphatic hydroxyl groups is 1. The Morgan fingerprint density at radius 3 is 2.50 bits per heavy atom. The molecule has 68 valence electrons. The van der Waals surface area contributed by atoms with Crippen LogP contribution in [0.1, 0.15) is 33.6 Å². The van der Waals surface area contributed by atoms with E-state index in [1.807, 2.05) is 13.8 Å². The van der Waals surface area contributed by atoms with Gasteiger partial charge in [-0.3, -0.25) is 0 Å². The maximum absolute atomic E-state index is 9.67. The van der Waals surface area contributed by atoms with Crippen molar-refractivity contribution in [3.63, 3.8) is 0 Å². The standard InChI is InChI=1S/C11H18O/c1-7(2)10-5-8(3)9(4)11(12)6-10/h10-12H,1,5-6H2,2-4H3/t10-,11-/m0/s1. The van der Waals surface area contributed by atoms with Crippen molar-refractivity contribution in [1.29, 1.82) is 0 Å². The second kappa shape index (κ2) is 3.44. The van der Waals surface area contributed by atoms with Gasteiger partial charge in [0.05, 0.1) is 6.10 Å². The molecule has 0 heterocycles. The fraction of sp³-hybridized carbons (Fsp3) is 0.636. The van der Waals surface area contributed by atoms with Crippen LogP contribution in [0, 0.1) is 5.92 Å². The first-order chi connectivity index (χ1) is 5.52. The molecule has 0 radical (unpaired) electrons. The molecule has 1 N–H and O–H groups in total. The first-order valence-corrected chi connectivity index (χ1v) is 4.52. The summed E-state index contributed by atoms with van der Waals surface area (Å²) in [6.45, 7) is 10.1. The van der Waals surface area contributed by atoms with Crippen LogP contribution >= 0.6 is 0 Å². The highest BCUT2D eigenvalue weighted by atomic mass is 16.3. The van der Waals surface area contributed by atoms with E-state index in [2.05, 4.69) is 13.5 Å². The quantitative estimate of drug-likeness (QED) is 0.594. The highest BCUT2D eigenvalue weighted by Gasteiger charge is 2.23. The van der Waals surface area contributed by atoms with Crippen LogP contribution in [0.3, 0.4) is 0 Å². The summed E-state index contributed by atoms with van der Waals surface area (Å²) < 4.78 is 0. The molecule has 1 heteroatoms. The lowest BCUT2D eigenvalue weighted by molar-refractivity contribution is 0.171. The molecule has 0 unspecified atom stereocenters. The maximum Gasteiger partial charge on any atom is 0.0755 e. The van der Waals surface area contributed by atoms with Gasteiger partial charge in [0, 0.05) is 0 Å². The van der Waals surface area contributed by atoms with Crippen molar-refractivity contribution in [3.8, 4) is 0 Å². The smallest absolute Gasteiger partial charge is 0.0755 e. The molecule has 0 fully saturated rings. The Morgan fingerprint density at radius 2 is 2.08 bits per heavy atom.